The Bertz CT molecular complexity index is 546. The molecule has 0 saturated heterocycles. The Morgan fingerprint density at radius 2 is 1.78 bits per heavy atom. The van der Waals surface area contributed by atoms with Crippen molar-refractivity contribution in [3.8, 4) is 11.5 Å². The molecule has 1 aromatic carbocycles. The van der Waals surface area contributed by atoms with Crippen LogP contribution in [0.25, 0.3) is 0 Å². The van der Waals surface area contributed by atoms with Crippen LogP contribution in [0, 0.1) is 0 Å². The Labute approximate surface area is 137 Å². The Hall–Kier alpha value is -2.28. The fourth-order valence-corrected chi connectivity index (χ4v) is 2.00. The molecule has 0 aromatic heterocycles. The molecule has 2 amide bonds. The van der Waals surface area contributed by atoms with Crippen molar-refractivity contribution in [2.75, 3.05) is 52.8 Å². The highest BCUT2D eigenvalue weighted by Crippen LogP contribution is 2.31. The highest BCUT2D eigenvalue weighted by Gasteiger charge is 2.17. The van der Waals surface area contributed by atoms with E-state index in [0.717, 1.165) is 6.54 Å². The number of amides is 2. The van der Waals surface area contributed by atoms with Crippen molar-refractivity contribution in [1.29, 1.82) is 0 Å². The number of nitrogens with one attached hydrogen (secondary N) is 1. The van der Waals surface area contributed by atoms with Gasteiger partial charge in [-0.3, -0.25) is 9.59 Å². The van der Waals surface area contributed by atoms with E-state index in [1.807, 2.05) is 19.0 Å². The minimum atomic E-state index is -0.222. The number of carbonyl (C=O) groups is 2. The van der Waals surface area contributed by atoms with E-state index in [4.69, 9.17) is 9.47 Å². The molecule has 0 fully saturated rings. The van der Waals surface area contributed by atoms with Gasteiger partial charge >= 0.3 is 0 Å². The number of hydrogen-bond acceptors (Lipinski definition) is 5. The molecule has 0 spiro atoms. The van der Waals surface area contributed by atoms with Crippen molar-refractivity contribution < 1.29 is 19.1 Å². The van der Waals surface area contributed by atoms with Crippen LogP contribution in [0.5, 0.6) is 11.5 Å². The fourth-order valence-electron chi connectivity index (χ4n) is 2.00. The van der Waals surface area contributed by atoms with Gasteiger partial charge in [-0.05, 0) is 26.2 Å². The zero-order chi connectivity index (χ0) is 17.4. The molecule has 0 aliphatic carbocycles. The minimum absolute atomic E-state index is 0.0434. The van der Waals surface area contributed by atoms with Gasteiger partial charge in [-0.25, -0.2) is 0 Å². The summed E-state index contributed by atoms with van der Waals surface area (Å²) >= 11 is 0. The van der Waals surface area contributed by atoms with Gasteiger partial charge in [0.05, 0.1) is 14.2 Å². The third kappa shape index (κ3) is 5.78. The van der Waals surface area contributed by atoms with E-state index in [1.54, 1.807) is 25.3 Å². The number of ether oxygens (including phenoxy) is 2. The number of nitrogens with zero attached hydrogens (tertiary/aromatic N) is 2. The van der Waals surface area contributed by atoms with Crippen LogP contribution in [0.2, 0.25) is 0 Å². The molecular weight excluding hydrogens is 298 g/mol. The van der Waals surface area contributed by atoms with Crippen molar-refractivity contribution >= 4 is 17.5 Å². The summed E-state index contributed by atoms with van der Waals surface area (Å²) in [6.07, 6.45) is 0. The highest BCUT2D eigenvalue weighted by molar-refractivity contribution is 5.97. The monoisotopic (exact) mass is 323 g/mol. The van der Waals surface area contributed by atoms with Crippen molar-refractivity contribution in [3.63, 3.8) is 0 Å². The zero-order valence-corrected chi connectivity index (χ0v) is 14.4. The lowest BCUT2D eigenvalue weighted by molar-refractivity contribution is -0.123. The zero-order valence-electron chi connectivity index (χ0n) is 14.4. The van der Waals surface area contributed by atoms with Gasteiger partial charge < -0.3 is 24.6 Å². The molecule has 0 unspecified atom stereocenters. The van der Waals surface area contributed by atoms with Gasteiger partial charge in [0, 0.05) is 31.8 Å². The van der Waals surface area contributed by atoms with Crippen molar-refractivity contribution in [2.45, 2.75) is 6.92 Å². The molecule has 0 heterocycles. The van der Waals surface area contributed by atoms with Crippen LogP contribution in [0.15, 0.2) is 18.2 Å². The van der Waals surface area contributed by atoms with E-state index in [1.165, 1.54) is 18.9 Å². The van der Waals surface area contributed by atoms with Crippen LogP contribution in [0.3, 0.4) is 0 Å². The van der Waals surface area contributed by atoms with E-state index < -0.39 is 0 Å². The molecule has 1 aromatic rings. The van der Waals surface area contributed by atoms with Gasteiger partial charge in [0.2, 0.25) is 11.8 Å². The van der Waals surface area contributed by atoms with Crippen LogP contribution in [0.4, 0.5) is 5.69 Å². The second-order valence-corrected chi connectivity index (χ2v) is 5.30. The second kappa shape index (κ2) is 8.99. The molecule has 7 nitrogen and oxygen atoms in total. The van der Waals surface area contributed by atoms with E-state index in [9.17, 15) is 9.59 Å². The molecule has 0 aliphatic rings. The molecule has 7 heteroatoms. The molecule has 0 radical (unpaired) electrons. The second-order valence-electron chi connectivity index (χ2n) is 5.30. The predicted octanol–water partition coefficient (Wildman–Crippen LogP) is 0.735. The number of likely N-dealkylation sites (N-methyl/N-ethyl adjacent to an activating group) is 1. The van der Waals surface area contributed by atoms with Crippen LogP contribution < -0.4 is 19.7 Å². The summed E-state index contributed by atoms with van der Waals surface area (Å²) in [6, 6.07) is 5.09. The number of hydrogen-bond donors (Lipinski definition) is 1. The molecule has 128 valence electrons. The molecule has 0 aliphatic heterocycles. The van der Waals surface area contributed by atoms with E-state index in [2.05, 4.69) is 5.32 Å². The quantitative estimate of drug-likeness (QED) is 0.764. The summed E-state index contributed by atoms with van der Waals surface area (Å²) in [4.78, 5) is 27.3. The summed E-state index contributed by atoms with van der Waals surface area (Å²) < 4.78 is 10.4. The van der Waals surface area contributed by atoms with Crippen LogP contribution in [-0.4, -0.2) is 64.7 Å². The minimum Gasteiger partial charge on any atom is -0.493 e. The third-order valence-corrected chi connectivity index (χ3v) is 3.24. The number of methoxy groups -OCH3 is 2. The van der Waals surface area contributed by atoms with Gasteiger partial charge in [-0.1, -0.05) is 0 Å². The maximum Gasteiger partial charge on any atom is 0.240 e. The van der Waals surface area contributed by atoms with Gasteiger partial charge in [-0.2, -0.15) is 0 Å². The first kappa shape index (κ1) is 18.8. The maximum absolute atomic E-state index is 12.0. The first-order valence-corrected chi connectivity index (χ1v) is 7.30. The Balaban J connectivity index is 2.82. The molecule has 0 atom stereocenters. The van der Waals surface area contributed by atoms with Crippen LogP contribution in [-0.2, 0) is 9.59 Å². The normalized spacial score (nSPS) is 10.3. The lowest BCUT2D eigenvalue weighted by atomic mass is 10.2. The van der Waals surface area contributed by atoms with Gasteiger partial charge in [-0.15, -0.1) is 0 Å². The molecule has 1 rings (SSSR count). The lowest BCUT2D eigenvalue weighted by Gasteiger charge is -2.22. The number of benzene rings is 1. The molecule has 0 bridgehead atoms. The Kier molecular flexibility index (Phi) is 7.34. The first-order valence-electron chi connectivity index (χ1n) is 7.30. The summed E-state index contributed by atoms with van der Waals surface area (Å²) in [5.41, 5.74) is 0.581. The maximum atomic E-state index is 12.0. The predicted molar refractivity (Wildman–Crippen MR) is 89.1 cm³/mol. The van der Waals surface area contributed by atoms with Gasteiger partial charge in [0.25, 0.3) is 0 Å². The van der Waals surface area contributed by atoms with Crippen molar-refractivity contribution in [3.05, 3.63) is 18.2 Å². The van der Waals surface area contributed by atoms with Crippen molar-refractivity contribution in [1.82, 2.24) is 10.2 Å². The summed E-state index contributed by atoms with van der Waals surface area (Å²) in [5, 5.41) is 2.79. The van der Waals surface area contributed by atoms with E-state index in [-0.39, 0.29) is 18.4 Å². The van der Waals surface area contributed by atoms with E-state index >= 15 is 0 Å². The summed E-state index contributed by atoms with van der Waals surface area (Å²) in [5.74, 6) is 0.635. The SMILES string of the molecule is COc1ccc(N(CC(=O)NCCN(C)C)C(C)=O)cc1OC. The number of rotatable bonds is 8. The molecule has 0 saturated carbocycles. The highest BCUT2D eigenvalue weighted by atomic mass is 16.5. The number of anilines is 1. The van der Waals surface area contributed by atoms with Crippen LogP contribution in [0.1, 0.15) is 6.92 Å². The van der Waals surface area contributed by atoms with E-state index in [0.29, 0.717) is 23.7 Å². The third-order valence-electron chi connectivity index (χ3n) is 3.24. The number of carbonyl (C=O) groups excluding carboxylic acids is 2. The Morgan fingerprint density at radius 3 is 2.30 bits per heavy atom. The van der Waals surface area contributed by atoms with Crippen molar-refractivity contribution in [2.24, 2.45) is 0 Å². The summed E-state index contributed by atoms with van der Waals surface area (Å²) in [7, 11) is 6.92. The standard InChI is InChI=1S/C16H25N3O4/c1-12(20)19(11-16(21)17-8-9-18(2)3)13-6-7-14(22-4)15(10-13)23-5/h6-7,10H,8-9,11H2,1-5H3,(H,17,21). The molecule has 1 N–H and O–H groups in total. The molecule has 23 heavy (non-hydrogen) atoms. The lowest BCUT2D eigenvalue weighted by Crippen LogP contribution is -2.41. The topological polar surface area (TPSA) is 71.1 Å². The smallest absolute Gasteiger partial charge is 0.240 e. The van der Waals surface area contributed by atoms with Gasteiger partial charge in [0.1, 0.15) is 6.54 Å². The Morgan fingerprint density at radius 1 is 1.13 bits per heavy atom. The first-order chi connectivity index (χ1) is 10.9. The fraction of sp³-hybridized carbons (Fsp3) is 0.500. The average Bonchev–Trinajstić information content (AvgIpc) is 2.51. The van der Waals surface area contributed by atoms with Crippen LogP contribution >= 0.6 is 0 Å². The van der Waals surface area contributed by atoms with Gasteiger partial charge in [0.15, 0.2) is 11.5 Å². The molecular formula is C16H25N3O4. The average molecular weight is 323 g/mol. The summed E-state index contributed by atoms with van der Waals surface area (Å²) in [6.45, 7) is 2.65. The largest absolute Gasteiger partial charge is 0.493 e.